The molecule has 0 aromatic heterocycles. The number of fused-ring (bicyclic) bond motifs is 1. The van der Waals surface area contributed by atoms with Crippen molar-refractivity contribution in [1.82, 2.24) is 4.90 Å². The van der Waals surface area contributed by atoms with Gasteiger partial charge >= 0.3 is 0 Å². The van der Waals surface area contributed by atoms with E-state index in [0.717, 1.165) is 22.6 Å². The summed E-state index contributed by atoms with van der Waals surface area (Å²) in [7, 11) is 0. The van der Waals surface area contributed by atoms with Crippen molar-refractivity contribution in [3.05, 3.63) is 59.2 Å². The van der Waals surface area contributed by atoms with E-state index in [0.29, 0.717) is 25.2 Å². The van der Waals surface area contributed by atoms with Crippen LogP contribution in [0.25, 0.3) is 0 Å². The van der Waals surface area contributed by atoms with Gasteiger partial charge in [-0.05, 0) is 56.2 Å². The predicted molar refractivity (Wildman–Crippen MR) is 102 cm³/mol. The van der Waals surface area contributed by atoms with Crippen molar-refractivity contribution in [3.8, 4) is 5.75 Å². The van der Waals surface area contributed by atoms with Crippen molar-refractivity contribution in [2.75, 3.05) is 24.6 Å². The zero-order valence-electron chi connectivity index (χ0n) is 15.5. The lowest BCUT2D eigenvalue weighted by Crippen LogP contribution is -2.38. The van der Waals surface area contributed by atoms with Gasteiger partial charge in [-0.15, -0.1) is 0 Å². The minimum absolute atomic E-state index is 0.0322. The predicted octanol–water partition coefficient (Wildman–Crippen LogP) is 3.40. The highest BCUT2D eigenvalue weighted by molar-refractivity contribution is 5.98. The van der Waals surface area contributed by atoms with E-state index in [1.54, 1.807) is 9.80 Å². The average molecular weight is 352 g/mol. The standard InChI is InChI=1S/C21H24N2O3/c1-4-22(5-2)21(25)17-9-7-16(8-10-17)13-23-18-11-6-15(3)12-19(18)26-14-20(23)24/h6-12H,4-5,13-14H2,1-3H3. The number of aryl methyl sites for hydroxylation is 1. The third-order valence-electron chi connectivity index (χ3n) is 4.65. The molecule has 136 valence electrons. The Morgan fingerprint density at radius 2 is 1.81 bits per heavy atom. The molecule has 0 N–H and O–H groups in total. The molecular weight excluding hydrogens is 328 g/mol. The summed E-state index contributed by atoms with van der Waals surface area (Å²) in [5.41, 5.74) is 3.53. The fraction of sp³-hybridized carbons (Fsp3) is 0.333. The van der Waals surface area contributed by atoms with Gasteiger partial charge in [-0.2, -0.15) is 0 Å². The lowest BCUT2D eigenvalue weighted by atomic mass is 10.1. The van der Waals surface area contributed by atoms with E-state index in [-0.39, 0.29) is 18.4 Å². The van der Waals surface area contributed by atoms with Crippen molar-refractivity contribution >= 4 is 17.5 Å². The smallest absolute Gasteiger partial charge is 0.265 e. The van der Waals surface area contributed by atoms with E-state index >= 15 is 0 Å². The third kappa shape index (κ3) is 3.57. The van der Waals surface area contributed by atoms with Crippen LogP contribution in [0.5, 0.6) is 5.75 Å². The normalized spacial score (nSPS) is 13.2. The molecule has 0 atom stereocenters. The second kappa shape index (κ2) is 7.60. The van der Waals surface area contributed by atoms with Gasteiger partial charge in [0.25, 0.3) is 11.8 Å². The molecule has 0 fully saturated rings. The Kier molecular flexibility index (Phi) is 5.26. The van der Waals surface area contributed by atoms with Crippen LogP contribution in [0.3, 0.4) is 0 Å². The van der Waals surface area contributed by atoms with E-state index in [1.165, 1.54) is 0 Å². The Labute approximate surface area is 154 Å². The number of hydrogen-bond acceptors (Lipinski definition) is 3. The summed E-state index contributed by atoms with van der Waals surface area (Å²) in [6.07, 6.45) is 0. The van der Waals surface area contributed by atoms with E-state index in [2.05, 4.69) is 0 Å². The van der Waals surface area contributed by atoms with Crippen molar-refractivity contribution in [2.45, 2.75) is 27.3 Å². The molecule has 0 saturated carbocycles. The van der Waals surface area contributed by atoms with E-state index in [1.807, 2.05) is 63.2 Å². The van der Waals surface area contributed by atoms with Gasteiger partial charge in [0, 0.05) is 18.7 Å². The molecule has 5 nitrogen and oxygen atoms in total. The topological polar surface area (TPSA) is 49.9 Å². The lowest BCUT2D eigenvalue weighted by molar-refractivity contribution is -0.121. The highest BCUT2D eigenvalue weighted by Crippen LogP contribution is 2.33. The summed E-state index contributed by atoms with van der Waals surface area (Å²) in [5.74, 6) is 0.701. The van der Waals surface area contributed by atoms with Gasteiger partial charge < -0.3 is 14.5 Å². The maximum atomic E-state index is 12.4. The van der Waals surface area contributed by atoms with Gasteiger partial charge in [0.2, 0.25) is 0 Å². The number of amides is 2. The molecule has 2 aromatic rings. The zero-order chi connectivity index (χ0) is 18.7. The van der Waals surface area contributed by atoms with Crippen LogP contribution in [-0.4, -0.2) is 36.4 Å². The Bertz CT molecular complexity index is 811. The van der Waals surface area contributed by atoms with Crippen LogP contribution in [0.15, 0.2) is 42.5 Å². The number of anilines is 1. The fourth-order valence-electron chi connectivity index (χ4n) is 3.11. The van der Waals surface area contributed by atoms with Crippen LogP contribution < -0.4 is 9.64 Å². The first-order valence-electron chi connectivity index (χ1n) is 8.95. The molecule has 0 saturated heterocycles. The van der Waals surface area contributed by atoms with Gasteiger partial charge in [0.15, 0.2) is 6.61 Å². The molecule has 0 aliphatic carbocycles. The molecule has 5 heteroatoms. The first-order chi connectivity index (χ1) is 12.5. The van der Waals surface area contributed by atoms with Crippen LogP contribution in [0.1, 0.15) is 35.3 Å². The van der Waals surface area contributed by atoms with Crippen LogP contribution >= 0.6 is 0 Å². The number of ether oxygens (including phenoxy) is 1. The summed E-state index contributed by atoms with van der Waals surface area (Å²) in [5, 5.41) is 0. The SMILES string of the molecule is CCN(CC)C(=O)c1ccc(CN2C(=O)COc3cc(C)ccc32)cc1. The summed E-state index contributed by atoms with van der Waals surface area (Å²) in [6, 6.07) is 13.3. The highest BCUT2D eigenvalue weighted by atomic mass is 16.5. The number of benzene rings is 2. The second-order valence-electron chi connectivity index (χ2n) is 6.41. The maximum absolute atomic E-state index is 12.4. The van der Waals surface area contributed by atoms with Gasteiger partial charge in [-0.25, -0.2) is 0 Å². The zero-order valence-corrected chi connectivity index (χ0v) is 15.5. The van der Waals surface area contributed by atoms with E-state index in [4.69, 9.17) is 4.74 Å². The molecule has 0 unspecified atom stereocenters. The summed E-state index contributed by atoms with van der Waals surface area (Å²) >= 11 is 0. The van der Waals surface area contributed by atoms with Crippen molar-refractivity contribution in [1.29, 1.82) is 0 Å². The molecule has 1 aliphatic heterocycles. The third-order valence-corrected chi connectivity index (χ3v) is 4.65. The van der Waals surface area contributed by atoms with Crippen LogP contribution in [0.4, 0.5) is 5.69 Å². The number of rotatable bonds is 5. The lowest BCUT2D eigenvalue weighted by Gasteiger charge is -2.29. The van der Waals surface area contributed by atoms with Gasteiger partial charge in [0.05, 0.1) is 12.2 Å². The summed E-state index contributed by atoms with van der Waals surface area (Å²) < 4.78 is 5.54. The first kappa shape index (κ1) is 18.0. The first-order valence-corrected chi connectivity index (χ1v) is 8.95. The van der Waals surface area contributed by atoms with Crippen LogP contribution in [-0.2, 0) is 11.3 Å². The Morgan fingerprint density at radius 3 is 2.46 bits per heavy atom. The Morgan fingerprint density at radius 1 is 1.12 bits per heavy atom. The molecule has 26 heavy (non-hydrogen) atoms. The highest BCUT2D eigenvalue weighted by Gasteiger charge is 2.25. The fourth-order valence-corrected chi connectivity index (χ4v) is 3.11. The number of carbonyl (C=O) groups excluding carboxylic acids is 2. The number of hydrogen-bond donors (Lipinski definition) is 0. The van der Waals surface area contributed by atoms with Gasteiger partial charge in [0.1, 0.15) is 5.75 Å². The molecule has 1 heterocycles. The van der Waals surface area contributed by atoms with Crippen molar-refractivity contribution < 1.29 is 14.3 Å². The Hall–Kier alpha value is -2.82. The monoisotopic (exact) mass is 352 g/mol. The quantitative estimate of drug-likeness (QED) is 0.829. The molecule has 0 bridgehead atoms. The van der Waals surface area contributed by atoms with E-state index < -0.39 is 0 Å². The second-order valence-corrected chi connectivity index (χ2v) is 6.41. The van der Waals surface area contributed by atoms with E-state index in [9.17, 15) is 9.59 Å². The molecule has 2 amide bonds. The number of carbonyl (C=O) groups is 2. The molecular formula is C21H24N2O3. The molecule has 2 aromatic carbocycles. The minimum atomic E-state index is -0.0651. The Balaban J connectivity index is 1.79. The molecule has 0 radical (unpaired) electrons. The van der Waals surface area contributed by atoms with Crippen molar-refractivity contribution in [3.63, 3.8) is 0 Å². The molecule has 1 aliphatic rings. The van der Waals surface area contributed by atoms with Gasteiger partial charge in [-0.1, -0.05) is 18.2 Å². The van der Waals surface area contributed by atoms with Gasteiger partial charge in [-0.3, -0.25) is 9.59 Å². The maximum Gasteiger partial charge on any atom is 0.265 e. The largest absolute Gasteiger partial charge is 0.482 e. The average Bonchev–Trinajstić information content (AvgIpc) is 2.65. The summed E-state index contributed by atoms with van der Waals surface area (Å²) in [6.45, 7) is 7.83. The number of nitrogens with zero attached hydrogens (tertiary/aromatic N) is 2. The van der Waals surface area contributed by atoms with Crippen LogP contribution in [0, 0.1) is 6.92 Å². The summed E-state index contributed by atoms with van der Waals surface area (Å²) in [4.78, 5) is 28.3. The molecule has 0 spiro atoms. The molecule has 3 rings (SSSR count). The van der Waals surface area contributed by atoms with Crippen LogP contribution in [0.2, 0.25) is 0 Å². The van der Waals surface area contributed by atoms with Crippen molar-refractivity contribution in [2.24, 2.45) is 0 Å². The minimum Gasteiger partial charge on any atom is -0.482 e.